The highest BCUT2D eigenvalue weighted by Gasteiger charge is 2.23. The molecule has 1 heterocycles. The molecule has 1 atom stereocenters. The molecule has 2 aromatic carbocycles. The van der Waals surface area contributed by atoms with Crippen molar-refractivity contribution in [2.24, 2.45) is 10.2 Å². The number of azo groups is 1. The van der Waals surface area contributed by atoms with Gasteiger partial charge in [0.05, 0.1) is 17.7 Å². The largest absolute Gasteiger partial charge is 0.497 e. The zero-order chi connectivity index (χ0) is 23.1. The highest BCUT2D eigenvalue weighted by molar-refractivity contribution is 7.15. The summed E-state index contributed by atoms with van der Waals surface area (Å²) < 4.78 is 5.20. The minimum atomic E-state index is -1.26. The van der Waals surface area contributed by atoms with Crippen molar-refractivity contribution >= 4 is 28.1 Å². The molecule has 0 bridgehead atoms. The van der Waals surface area contributed by atoms with Crippen LogP contribution in [0.5, 0.6) is 5.75 Å². The zero-order valence-corrected chi connectivity index (χ0v) is 18.4. The fraction of sp³-hybridized carbons (Fsp3) is 0.273. The number of nitro benzene ring substituents is 1. The Balaban J connectivity index is 1.87. The van der Waals surface area contributed by atoms with Crippen molar-refractivity contribution in [3.8, 4) is 17.0 Å². The van der Waals surface area contributed by atoms with Gasteiger partial charge in [-0.05, 0) is 30.7 Å². The molecule has 0 fully saturated rings. The number of nitro groups is 1. The number of carboxylic acids is 1. The molecule has 0 radical (unpaired) electrons. The third kappa shape index (κ3) is 5.52. The molecular formula is C22H22N4O5S. The Hall–Kier alpha value is -3.66. The molecule has 10 heteroatoms. The van der Waals surface area contributed by atoms with Crippen molar-refractivity contribution in [1.29, 1.82) is 0 Å². The van der Waals surface area contributed by atoms with Gasteiger partial charge >= 0.3 is 5.97 Å². The Morgan fingerprint density at radius 3 is 2.59 bits per heavy atom. The van der Waals surface area contributed by atoms with Gasteiger partial charge < -0.3 is 9.84 Å². The van der Waals surface area contributed by atoms with Gasteiger partial charge in [-0.1, -0.05) is 42.9 Å². The minimum absolute atomic E-state index is 0.143. The number of aliphatic carboxylic acids is 1. The van der Waals surface area contributed by atoms with Crippen LogP contribution in [0.3, 0.4) is 0 Å². The van der Waals surface area contributed by atoms with Crippen LogP contribution in [0, 0.1) is 10.1 Å². The van der Waals surface area contributed by atoms with Gasteiger partial charge in [-0.15, -0.1) is 5.11 Å². The number of carboxylic acid groups (broad SMARTS) is 1. The molecule has 32 heavy (non-hydrogen) atoms. The van der Waals surface area contributed by atoms with E-state index in [1.807, 2.05) is 24.3 Å². The lowest BCUT2D eigenvalue weighted by atomic mass is 10.0. The van der Waals surface area contributed by atoms with Crippen molar-refractivity contribution in [3.63, 3.8) is 0 Å². The Kier molecular flexibility index (Phi) is 7.61. The summed E-state index contributed by atoms with van der Waals surface area (Å²) in [5.74, 6) is -0.479. The molecule has 0 aliphatic heterocycles. The van der Waals surface area contributed by atoms with Crippen LogP contribution in [-0.2, 0) is 17.6 Å². The molecule has 0 amide bonds. The van der Waals surface area contributed by atoms with Crippen molar-refractivity contribution in [1.82, 2.24) is 4.98 Å². The smallest absolute Gasteiger partial charge is 0.330 e. The topological polar surface area (TPSA) is 127 Å². The summed E-state index contributed by atoms with van der Waals surface area (Å²) in [5, 5.41) is 29.2. The maximum atomic E-state index is 11.7. The zero-order valence-electron chi connectivity index (χ0n) is 17.6. The molecule has 1 unspecified atom stereocenters. The van der Waals surface area contributed by atoms with Crippen LogP contribution < -0.4 is 4.74 Å². The van der Waals surface area contributed by atoms with E-state index in [1.54, 1.807) is 13.2 Å². The Bertz CT molecular complexity index is 1130. The number of benzene rings is 2. The molecular weight excluding hydrogens is 432 g/mol. The second kappa shape index (κ2) is 10.6. The van der Waals surface area contributed by atoms with Gasteiger partial charge in [-0.3, -0.25) is 10.1 Å². The Morgan fingerprint density at radius 1 is 1.25 bits per heavy atom. The number of aryl methyl sites for hydroxylation is 1. The van der Waals surface area contributed by atoms with Gasteiger partial charge in [-0.25, -0.2) is 9.78 Å². The lowest BCUT2D eigenvalue weighted by Crippen LogP contribution is -2.20. The number of aromatic nitrogens is 1. The average Bonchev–Trinajstić information content (AvgIpc) is 3.19. The van der Waals surface area contributed by atoms with Crippen LogP contribution in [0.2, 0.25) is 0 Å². The van der Waals surface area contributed by atoms with Crippen LogP contribution in [-0.4, -0.2) is 34.1 Å². The summed E-state index contributed by atoms with van der Waals surface area (Å²) in [6.45, 7) is 2.06. The van der Waals surface area contributed by atoms with E-state index in [0.717, 1.165) is 34.7 Å². The standard InChI is InChI=1S/C22H22N4O5S/c1-3-6-19-20(14-9-11-16(31-2)12-10-14)23-22(32-19)25-24-17(21(27)28)13-15-7-4-5-8-18(15)26(29)30/h4-5,7-12,17H,3,6,13H2,1-2H3,(H,27,28). The van der Waals surface area contributed by atoms with Crippen molar-refractivity contribution in [2.75, 3.05) is 7.11 Å². The molecule has 0 saturated heterocycles. The van der Waals surface area contributed by atoms with E-state index in [4.69, 9.17) is 4.74 Å². The van der Waals surface area contributed by atoms with Crippen LogP contribution >= 0.6 is 11.3 Å². The summed E-state index contributed by atoms with van der Waals surface area (Å²) in [5.41, 5.74) is 1.82. The quantitative estimate of drug-likeness (QED) is 0.246. The number of hydrogen-bond acceptors (Lipinski definition) is 8. The van der Waals surface area contributed by atoms with Crippen molar-refractivity contribution in [3.05, 3.63) is 69.1 Å². The van der Waals surface area contributed by atoms with E-state index >= 15 is 0 Å². The first kappa shape index (κ1) is 23.0. The van der Waals surface area contributed by atoms with Crippen LogP contribution in [0.15, 0.2) is 58.8 Å². The highest BCUT2D eigenvalue weighted by atomic mass is 32.1. The van der Waals surface area contributed by atoms with Gasteiger partial charge in [0.1, 0.15) is 5.75 Å². The first-order valence-electron chi connectivity index (χ1n) is 9.93. The summed E-state index contributed by atoms with van der Waals surface area (Å²) in [7, 11) is 1.60. The average molecular weight is 455 g/mol. The normalized spacial score (nSPS) is 12.1. The van der Waals surface area contributed by atoms with Crippen LogP contribution in [0.1, 0.15) is 23.8 Å². The van der Waals surface area contributed by atoms with Crippen LogP contribution in [0.25, 0.3) is 11.3 Å². The monoisotopic (exact) mass is 454 g/mol. The van der Waals surface area contributed by atoms with Crippen LogP contribution in [0.4, 0.5) is 10.8 Å². The number of hydrogen-bond donors (Lipinski definition) is 1. The number of para-hydroxylation sites is 1. The summed E-state index contributed by atoms with van der Waals surface area (Å²) >= 11 is 1.35. The fourth-order valence-electron chi connectivity index (χ4n) is 3.12. The van der Waals surface area contributed by atoms with Crippen molar-refractivity contribution < 1.29 is 19.6 Å². The van der Waals surface area contributed by atoms with Gasteiger partial charge in [0, 0.05) is 28.5 Å². The molecule has 3 aromatic rings. The molecule has 1 aromatic heterocycles. The van der Waals surface area contributed by atoms with E-state index in [-0.39, 0.29) is 17.7 Å². The summed E-state index contributed by atoms with van der Waals surface area (Å²) in [6.07, 6.45) is 1.57. The molecule has 1 N–H and O–H groups in total. The molecule has 0 aliphatic rings. The first-order valence-corrected chi connectivity index (χ1v) is 10.7. The maximum Gasteiger partial charge on any atom is 0.330 e. The molecule has 3 rings (SSSR count). The second-order valence-corrected chi connectivity index (χ2v) is 7.97. The fourth-order valence-corrected chi connectivity index (χ4v) is 4.13. The predicted octanol–water partition coefficient (Wildman–Crippen LogP) is 5.46. The number of ether oxygens (including phenoxy) is 1. The highest BCUT2D eigenvalue weighted by Crippen LogP contribution is 2.34. The molecule has 9 nitrogen and oxygen atoms in total. The first-order chi connectivity index (χ1) is 15.4. The molecule has 166 valence electrons. The lowest BCUT2D eigenvalue weighted by molar-refractivity contribution is -0.385. The predicted molar refractivity (Wildman–Crippen MR) is 121 cm³/mol. The van der Waals surface area contributed by atoms with Gasteiger partial charge in [0.2, 0.25) is 5.13 Å². The minimum Gasteiger partial charge on any atom is -0.497 e. The molecule has 0 spiro atoms. The Labute approximate surface area is 188 Å². The molecule has 0 saturated carbocycles. The number of methoxy groups -OCH3 is 1. The SMILES string of the molecule is CCCc1sc(N=NC(Cc2ccccc2[N+](=O)[O-])C(=O)O)nc1-c1ccc(OC)cc1. The number of carbonyl (C=O) groups is 1. The van der Waals surface area contributed by atoms with Gasteiger partial charge in [0.25, 0.3) is 5.69 Å². The van der Waals surface area contributed by atoms with Gasteiger partial charge in [0.15, 0.2) is 6.04 Å². The van der Waals surface area contributed by atoms with E-state index in [2.05, 4.69) is 22.1 Å². The number of rotatable bonds is 10. The van der Waals surface area contributed by atoms with Gasteiger partial charge in [-0.2, -0.15) is 5.11 Å². The number of nitrogens with zero attached hydrogens (tertiary/aromatic N) is 4. The third-order valence-corrected chi connectivity index (χ3v) is 5.70. The van der Waals surface area contributed by atoms with E-state index in [0.29, 0.717) is 5.13 Å². The summed E-state index contributed by atoms with van der Waals surface area (Å²) in [6, 6.07) is 12.3. The van der Waals surface area contributed by atoms with E-state index in [9.17, 15) is 20.0 Å². The summed E-state index contributed by atoms with van der Waals surface area (Å²) in [4.78, 5) is 28.0. The third-order valence-electron chi connectivity index (χ3n) is 4.70. The molecule has 0 aliphatic carbocycles. The second-order valence-electron chi connectivity index (χ2n) is 6.91. The number of thiazole rings is 1. The van der Waals surface area contributed by atoms with E-state index in [1.165, 1.54) is 29.5 Å². The maximum absolute atomic E-state index is 11.7. The van der Waals surface area contributed by atoms with Crippen molar-refractivity contribution in [2.45, 2.75) is 32.2 Å². The van der Waals surface area contributed by atoms with E-state index < -0.39 is 16.9 Å². The Morgan fingerprint density at radius 2 is 1.97 bits per heavy atom. The lowest BCUT2D eigenvalue weighted by Gasteiger charge is -2.06.